The van der Waals surface area contributed by atoms with Crippen LogP contribution in [-0.4, -0.2) is 34.1 Å². The molecule has 0 aliphatic carbocycles. The quantitative estimate of drug-likeness (QED) is 0.356. The van der Waals surface area contributed by atoms with Crippen molar-refractivity contribution in [1.82, 2.24) is 19.9 Å². The van der Waals surface area contributed by atoms with Gasteiger partial charge in [0.15, 0.2) is 0 Å². The standard InChI is InChI=1S/C25H26ClN5O3S/c1-11-10-18(8-9-19(11)26)35(33,34)31-21-13(3)12(2)15(5)27-23(21)24(32)22-20-14(4)16(6)28-25(20)30-17(7)29-22/h8-10,31H,1-7H3,(H,28,29,30). The number of sulfonamides is 1. The summed E-state index contributed by atoms with van der Waals surface area (Å²) in [6, 6.07) is 4.44. The van der Waals surface area contributed by atoms with Gasteiger partial charge in [-0.1, -0.05) is 11.6 Å². The topological polar surface area (TPSA) is 118 Å². The maximum Gasteiger partial charge on any atom is 0.261 e. The number of carbonyl (C=O) groups is 1. The first-order chi connectivity index (χ1) is 16.3. The minimum absolute atomic E-state index is 0.0162. The third kappa shape index (κ3) is 4.30. The number of halogens is 1. The first-order valence-corrected chi connectivity index (χ1v) is 12.8. The summed E-state index contributed by atoms with van der Waals surface area (Å²) >= 11 is 6.08. The van der Waals surface area contributed by atoms with Gasteiger partial charge in [-0.25, -0.2) is 23.4 Å². The van der Waals surface area contributed by atoms with Gasteiger partial charge in [0.1, 0.15) is 22.9 Å². The van der Waals surface area contributed by atoms with Gasteiger partial charge in [-0.05, 0) is 88.9 Å². The van der Waals surface area contributed by atoms with E-state index in [2.05, 4.69) is 24.7 Å². The molecule has 0 fully saturated rings. The summed E-state index contributed by atoms with van der Waals surface area (Å²) in [5.41, 5.74) is 5.20. The van der Waals surface area contributed by atoms with E-state index in [4.69, 9.17) is 11.6 Å². The lowest BCUT2D eigenvalue weighted by Gasteiger charge is -2.18. The molecule has 3 heterocycles. The fraction of sp³-hybridized carbons (Fsp3) is 0.280. The van der Waals surface area contributed by atoms with Crippen LogP contribution in [0.2, 0.25) is 5.02 Å². The number of anilines is 1. The zero-order valence-corrected chi connectivity index (χ0v) is 22.2. The zero-order valence-electron chi connectivity index (χ0n) is 20.6. The largest absolute Gasteiger partial charge is 0.343 e. The van der Waals surface area contributed by atoms with Crippen molar-refractivity contribution in [1.29, 1.82) is 0 Å². The summed E-state index contributed by atoms with van der Waals surface area (Å²) in [5, 5.41) is 1.06. The second-order valence-corrected chi connectivity index (χ2v) is 10.8. The summed E-state index contributed by atoms with van der Waals surface area (Å²) in [5.74, 6) is -0.0692. The second kappa shape index (κ2) is 8.73. The maximum absolute atomic E-state index is 13.9. The summed E-state index contributed by atoms with van der Waals surface area (Å²) < 4.78 is 29.3. The summed E-state index contributed by atoms with van der Waals surface area (Å²) in [6.07, 6.45) is 0. The predicted molar refractivity (Wildman–Crippen MR) is 137 cm³/mol. The number of nitrogens with zero attached hydrogens (tertiary/aromatic N) is 3. The van der Waals surface area contributed by atoms with Gasteiger partial charge < -0.3 is 4.98 Å². The van der Waals surface area contributed by atoms with E-state index in [1.54, 1.807) is 27.7 Å². The van der Waals surface area contributed by atoms with Gasteiger partial charge in [-0.3, -0.25) is 9.52 Å². The molecule has 0 saturated heterocycles. The van der Waals surface area contributed by atoms with E-state index >= 15 is 0 Å². The Morgan fingerprint density at radius 1 is 0.914 bits per heavy atom. The molecule has 0 atom stereocenters. The number of nitrogens with one attached hydrogen (secondary N) is 2. The Labute approximate surface area is 209 Å². The van der Waals surface area contributed by atoms with E-state index in [1.165, 1.54) is 18.2 Å². The van der Waals surface area contributed by atoms with Crippen molar-refractivity contribution in [2.45, 2.75) is 53.4 Å². The third-order valence-corrected chi connectivity index (χ3v) is 8.14. The Balaban J connectivity index is 1.93. The molecule has 0 saturated carbocycles. The monoisotopic (exact) mass is 511 g/mol. The number of H-pyrrole nitrogens is 1. The molecule has 4 rings (SSSR count). The van der Waals surface area contributed by atoms with Crippen LogP contribution < -0.4 is 4.72 Å². The van der Waals surface area contributed by atoms with Crippen molar-refractivity contribution >= 4 is 44.1 Å². The second-order valence-electron chi connectivity index (χ2n) is 8.73. The molecule has 10 heteroatoms. The molecule has 0 bridgehead atoms. The molecule has 0 spiro atoms. The number of hydrogen-bond donors (Lipinski definition) is 2. The number of ketones is 1. The number of aryl methyl sites for hydroxylation is 5. The van der Waals surface area contributed by atoms with Gasteiger partial charge in [0.2, 0.25) is 5.78 Å². The molecular weight excluding hydrogens is 486 g/mol. The van der Waals surface area contributed by atoms with E-state index in [-0.39, 0.29) is 22.0 Å². The highest BCUT2D eigenvalue weighted by atomic mass is 35.5. The Bertz CT molecular complexity index is 1640. The van der Waals surface area contributed by atoms with Crippen LogP contribution in [0.4, 0.5) is 5.69 Å². The van der Waals surface area contributed by atoms with Crippen molar-refractivity contribution in [2.75, 3.05) is 4.72 Å². The van der Waals surface area contributed by atoms with Crippen LogP contribution in [0.1, 0.15) is 55.6 Å². The Morgan fingerprint density at radius 3 is 2.26 bits per heavy atom. The molecule has 0 aliphatic rings. The van der Waals surface area contributed by atoms with Crippen LogP contribution in [0.3, 0.4) is 0 Å². The van der Waals surface area contributed by atoms with Gasteiger partial charge in [-0.2, -0.15) is 0 Å². The number of carbonyl (C=O) groups excluding carboxylic acids is 1. The predicted octanol–water partition coefficient (Wildman–Crippen LogP) is 5.20. The highest BCUT2D eigenvalue weighted by molar-refractivity contribution is 7.92. The minimum atomic E-state index is -4.04. The smallest absolute Gasteiger partial charge is 0.261 e. The summed E-state index contributed by atoms with van der Waals surface area (Å²) in [7, 11) is -4.04. The molecule has 0 unspecified atom stereocenters. The number of benzene rings is 1. The highest BCUT2D eigenvalue weighted by Crippen LogP contribution is 2.31. The molecule has 8 nitrogen and oxygen atoms in total. The molecule has 0 amide bonds. The van der Waals surface area contributed by atoms with Crippen molar-refractivity contribution in [3.63, 3.8) is 0 Å². The zero-order chi connectivity index (χ0) is 25.8. The van der Waals surface area contributed by atoms with E-state index in [0.29, 0.717) is 38.7 Å². The molecule has 0 aliphatic heterocycles. The lowest BCUT2D eigenvalue weighted by atomic mass is 10.0. The maximum atomic E-state index is 13.9. The number of aromatic amines is 1. The summed E-state index contributed by atoms with van der Waals surface area (Å²) in [4.78, 5) is 30.5. The van der Waals surface area contributed by atoms with Crippen LogP contribution in [0, 0.1) is 48.5 Å². The van der Waals surface area contributed by atoms with Crippen LogP contribution in [0.25, 0.3) is 11.0 Å². The molecule has 0 radical (unpaired) electrons. The summed E-state index contributed by atoms with van der Waals surface area (Å²) in [6.45, 7) is 12.6. The first kappa shape index (κ1) is 24.8. The van der Waals surface area contributed by atoms with Crippen molar-refractivity contribution < 1.29 is 13.2 Å². The molecule has 35 heavy (non-hydrogen) atoms. The highest BCUT2D eigenvalue weighted by Gasteiger charge is 2.28. The lowest BCUT2D eigenvalue weighted by Crippen LogP contribution is -2.20. The fourth-order valence-corrected chi connectivity index (χ4v) is 5.30. The minimum Gasteiger partial charge on any atom is -0.343 e. The number of fused-ring (bicyclic) bond motifs is 1. The van der Waals surface area contributed by atoms with E-state index in [1.807, 2.05) is 20.8 Å². The lowest BCUT2D eigenvalue weighted by molar-refractivity contribution is 0.103. The van der Waals surface area contributed by atoms with Crippen LogP contribution in [0.15, 0.2) is 23.1 Å². The Hall–Kier alpha value is -3.30. The number of hydrogen-bond acceptors (Lipinski definition) is 6. The number of pyridine rings is 1. The van der Waals surface area contributed by atoms with Crippen LogP contribution >= 0.6 is 11.6 Å². The van der Waals surface area contributed by atoms with Crippen LogP contribution in [0.5, 0.6) is 0 Å². The average Bonchev–Trinajstić information content (AvgIpc) is 3.07. The molecule has 4 aromatic rings. The molecule has 2 N–H and O–H groups in total. The number of aromatic nitrogens is 4. The van der Waals surface area contributed by atoms with E-state index in [0.717, 1.165) is 16.8 Å². The fourth-order valence-electron chi connectivity index (χ4n) is 3.96. The van der Waals surface area contributed by atoms with Gasteiger partial charge >= 0.3 is 0 Å². The van der Waals surface area contributed by atoms with Gasteiger partial charge in [0.05, 0.1) is 16.0 Å². The first-order valence-electron chi connectivity index (χ1n) is 11.0. The molecule has 3 aromatic heterocycles. The Morgan fingerprint density at radius 2 is 1.60 bits per heavy atom. The van der Waals surface area contributed by atoms with Gasteiger partial charge in [0.25, 0.3) is 10.0 Å². The third-order valence-electron chi connectivity index (χ3n) is 6.37. The Kier molecular flexibility index (Phi) is 6.19. The SMILES string of the molecule is Cc1nc(C(=O)c2nc(C)c(C)c(C)c2NS(=O)(=O)c2ccc(Cl)c(C)c2)c2c(C)c(C)[nH]c2n1. The average molecular weight is 512 g/mol. The van der Waals surface area contributed by atoms with Crippen molar-refractivity contribution in [2.24, 2.45) is 0 Å². The van der Waals surface area contributed by atoms with Gasteiger partial charge in [-0.15, -0.1) is 0 Å². The number of rotatable bonds is 5. The molecule has 182 valence electrons. The normalized spacial score (nSPS) is 11.8. The van der Waals surface area contributed by atoms with Crippen LogP contribution in [-0.2, 0) is 10.0 Å². The molecular formula is C25H26ClN5O3S. The van der Waals surface area contributed by atoms with E-state index in [9.17, 15) is 13.2 Å². The van der Waals surface area contributed by atoms with Gasteiger partial charge in [0, 0.05) is 16.4 Å². The van der Waals surface area contributed by atoms with E-state index < -0.39 is 15.8 Å². The molecule has 1 aromatic carbocycles. The van der Waals surface area contributed by atoms with Crippen molar-refractivity contribution in [3.8, 4) is 0 Å². The van der Waals surface area contributed by atoms with Crippen molar-refractivity contribution in [3.05, 3.63) is 74.1 Å².